The summed E-state index contributed by atoms with van der Waals surface area (Å²) in [6.07, 6.45) is 0.490. The van der Waals surface area contributed by atoms with Crippen molar-refractivity contribution in [3.63, 3.8) is 0 Å². The number of aldehydes is 1. The summed E-state index contributed by atoms with van der Waals surface area (Å²) in [4.78, 5) is 17.4. The molecule has 0 spiro atoms. The lowest BCUT2D eigenvalue weighted by atomic mass is 10.3. The Kier molecular flexibility index (Phi) is 1.59. The number of carbonyl (C=O) groups excluding carboxylic acids is 1. The number of rotatable bonds is 1. The Labute approximate surface area is 62.4 Å². The highest BCUT2D eigenvalue weighted by Gasteiger charge is 2.06. The monoisotopic (exact) mass is 153 g/mol. The average Bonchev–Trinajstić information content (AvgIpc) is 1.85. The van der Waals surface area contributed by atoms with Crippen LogP contribution in [-0.2, 0) is 0 Å². The van der Waals surface area contributed by atoms with Crippen LogP contribution in [-0.4, -0.2) is 16.3 Å². The molecule has 1 aromatic rings. The van der Waals surface area contributed by atoms with Crippen molar-refractivity contribution >= 4 is 23.9 Å². The molecule has 6 N–H and O–H groups in total. The van der Waals surface area contributed by atoms with E-state index in [0.717, 1.165) is 0 Å². The van der Waals surface area contributed by atoms with E-state index in [2.05, 4.69) is 9.97 Å². The molecule has 0 aliphatic rings. The third-order valence-corrected chi connectivity index (χ3v) is 1.14. The second kappa shape index (κ2) is 2.41. The molecule has 0 fully saturated rings. The molecule has 1 rings (SSSR count). The van der Waals surface area contributed by atoms with Crippen molar-refractivity contribution in [2.75, 3.05) is 17.2 Å². The van der Waals surface area contributed by atoms with Gasteiger partial charge in [-0.15, -0.1) is 0 Å². The first-order valence-corrected chi connectivity index (χ1v) is 2.78. The van der Waals surface area contributed by atoms with Crippen molar-refractivity contribution in [1.82, 2.24) is 9.97 Å². The summed E-state index contributed by atoms with van der Waals surface area (Å²) in [6.45, 7) is 0. The predicted octanol–water partition coefficient (Wildman–Crippen LogP) is -0.964. The predicted molar refractivity (Wildman–Crippen MR) is 40.7 cm³/mol. The maximum absolute atomic E-state index is 10.3. The van der Waals surface area contributed by atoms with Crippen LogP contribution in [0.1, 0.15) is 10.4 Å². The molecule has 0 saturated heterocycles. The lowest BCUT2D eigenvalue weighted by molar-refractivity contribution is 0.112. The number of aromatic nitrogens is 2. The maximum Gasteiger partial charge on any atom is 0.223 e. The molecule has 6 nitrogen and oxygen atoms in total. The van der Waals surface area contributed by atoms with E-state index >= 15 is 0 Å². The molecule has 0 atom stereocenters. The SMILES string of the molecule is Nc1nc(N)c(C=O)c(N)n1. The van der Waals surface area contributed by atoms with E-state index in [1.807, 2.05) is 0 Å². The van der Waals surface area contributed by atoms with Gasteiger partial charge in [0.2, 0.25) is 5.95 Å². The van der Waals surface area contributed by atoms with Crippen LogP contribution in [0.25, 0.3) is 0 Å². The second-order valence-corrected chi connectivity index (χ2v) is 1.88. The Balaban J connectivity index is 3.36. The Morgan fingerprint density at radius 2 is 1.55 bits per heavy atom. The van der Waals surface area contributed by atoms with Crippen molar-refractivity contribution in [3.8, 4) is 0 Å². The van der Waals surface area contributed by atoms with Gasteiger partial charge in [-0.2, -0.15) is 9.97 Å². The van der Waals surface area contributed by atoms with Crippen LogP contribution in [0.3, 0.4) is 0 Å². The molecule has 0 saturated carbocycles. The molecule has 0 unspecified atom stereocenters. The lowest BCUT2D eigenvalue weighted by Gasteiger charge is -2.00. The molecule has 0 amide bonds. The fraction of sp³-hybridized carbons (Fsp3) is 0. The number of nitrogen functional groups attached to an aromatic ring is 3. The van der Waals surface area contributed by atoms with Crippen LogP contribution < -0.4 is 17.2 Å². The van der Waals surface area contributed by atoms with Crippen LogP contribution in [0.5, 0.6) is 0 Å². The third kappa shape index (κ3) is 1.18. The molecule has 0 radical (unpaired) electrons. The fourth-order valence-corrected chi connectivity index (χ4v) is 0.644. The number of hydrogen-bond acceptors (Lipinski definition) is 6. The zero-order valence-electron chi connectivity index (χ0n) is 5.61. The largest absolute Gasteiger partial charge is 0.383 e. The number of anilines is 3. The molecule has 0 aliphatic heterocycles. The van der Waals surface area contributed by atoms with Gasteiger partial charge in [0.25, 0.3) is 0 Å². The van der Waals surface area contributed by atoms with Crippen LogP contribution in [0.4, 0.5) is 17.6 Å². The second-order valence-electron chi connectivity index (χ2n) is 1.88. The molecule has 1 heterocycles. The molecule has 6 heteroatoms. The highest BCUT2D eigenvalue weighted by atomic mass is 16.1. The topological polar surface area (TPSA) is 121 Å². The Bertz CT molecular complexity index is 274. The van der Waals surface area contributed by atoms with Crippen molar-refractivity contribution < 1.29 is 4.79 Å². The molecule has 58 valence electrons. The lowest BCUT2D eigenvalue weighted by Crippen LogP contribution is -2.07. The summed E-state index contributed by atoms with van der Waals surface area (Å²) in [7, 11) is 0. The van der Waals surface area contributed by atoms with E-state index in [0.29, 0.717) is 6.29 Å². The van der Waals surface area contributed by atoms with E-state index in [9.17, 15) is 4.79 Å². The van der Waals surface area contributed by atoms with Crippen molar-refractivity contribution in [3.05, 3.63) is 5.56 Å². The minimum absolute atomic E-state index is 0.00463. The summed E-state index contributed by atoms with van der Waals surface area (Å²) >= 11 is 0. The van der Waals surface area contributed by atoms with Gasteiger partial charge in [-0.3, -0.25) is 4.79 Å². The molecule has 11 heavy (non-hydrogen) atoms. The normalized spacial score (nSPS) is 9.45. The number of hydrogen-bond donors (Lipinski definition) is 3. The Hall–Kier alpha value is -1.85. The van der Waals surface area contributed by atoms with Gasteiger partial charge in [0.1, 0.15) is 11.6 Å². The van der Waals surface area contributed by atoms with Crippen LogP contribution in [0.15, 0.2) is 0 Å². The highest BCUT2D eigenvalue weighted by Crippen LogP contribution is 2.12. The van der Waals surface area contributed by atoms with Crippen molar-refractivity contribution in [2.45, 2.75) is 0 Å². The molecule has 0 aliphatic carbocycles. The first-order valence-electron chi connectivity index (χ1n) is 2.78. The number of carbonyl (C=O) groups is 1. The van der Waals surface area contributed by atoms with Crippen molar-refractivity contribution in [1.29, 1.82) is 0 Å². The first-order chi connectivity index (χ1) is 5.15. The summed E-state index contributed by atoms with van der Waals surface area (Å²) in [6, 6.07) is 0. The zero-order valence-corrected chi connectivity index (χ0v) is 5.61. The first kappa shape index (κ1) is 7.26. The third-order valence-electron chi connectivity index (χ3n) is 1.14. The Morgan fingerprint density at radius 3 is 1.91 bits per heavy atom. The van der Waals surface area contributed by atoms with E-state index in [-0.39, 0.29) is 23.1 Å². The van der Waals surface area contributed by atoms with Crippen LogP contribution in [0.2, 0.25) is 0 Å². The van der Waals surface area contributed by atoms with E-state index in [4.69, 9.17) is 17.2 Å². The minimum Gasteiger partial charge on any atom is -0.383 e. The summed E-state index contributed by atoms with van der Waals surface area (Å²) < 4.78 is 0. The minimum atomic E-state index is -0.0365. The number of nitrogens with two attached hydrogens (primary N) is 3. The molecule has 0 bridgehead atoms. The van der Waals surface area contributed by atoms with Crippen molar-refractivity contribution in [2.24, 2.45) is 0 Å². The summed E-state index contributed by atoms with van der Waals surface area (Å²) in [5, 5.41) is 0. The molecular formula is C5H7N5O. The average molecular weight is 153 g/mol. The molecule has 1 aromatic heterocycles. The van der Waals surface area contributed by atoms with Crippen LogP contribution in [0, 0.1) is 0 Å². The molecular weight excluding hydrogens is 146 g/mol. The van der Waals surface area contributed by atoms with Gasteiger partial charge >= 0.3 is 0 Å². The smallest absolute Gasteiger partial charge is 0.223 e. The fourth-order valence-electron chi connectivity index (χ4n) is 0.644. The zero-order chi connectivity index (χ0) is 8.43. The summed E-state index contributed by atoms with van der Waals surface area (Å²) in [5.74, 6) is -0.0272. The van der Waals surface area contributed by atoms with Crippen LogP contribution >= 0.6 is 0 Å². The Morgan fingerprint density at radius 1 is 1.09 bits per heavy atom. The molecule has 0 aromatic carbocycles. The number of nitrogens with zero attached hydrogens (tertiary/aromatic N) is 2. The van der Waals surface area contributed by atoms with Gasteiger partial charge in [-0.05, 0) is 0 Å². The van der Waals surface area contributed by atoms with E-state index < -0.39 is 0 Å². The summed E-state index contributed by atoms with van der Waals surface area (Å²) in [5.41, 5.74) is 15.8. The van der Waals surface area contributed by atoms with E-state index in [1.54, 1.807) is 0 Å². The highest BCUT2D eigenvalue weighted by molar-refractivity contribution is 5.88. The van der Waals surface area contributed by atoms with Gasteiger partial charge in [0.05, 0.1) is 5.56 Å². The maximum atomic E-state index is 10.3. The van der Waals surface area contributed by atoms with Gasteiger partial charge in [0, 0.05) is 0 Å². The van der Waals surface area contributed by atoms with E-state index in [1.165, 1.54) is 0 Å². The van der Waals surface area contributed by atoms with Gasteiger partial charge in [-0.25, -0.2) is 0 Å². The standard InChI is InChI=1S/C5H7N5O/c6-3-2(1-11)4(7)10-5(8)9-3/h1H,(H6,6,7,8,9,10). The van der Waals surface area contributed by atoms with Gasteiger partial charge in [0.15, 0.2) is 6.29 Å². The van der Waals surface area contributed by atoms with Gasteiger partial charge in [-0.1, -0.05) is 0 Å². The quantitative estimate of drug-likeness (QED) is 0.446. The van der Waals surface area contributed by atoms with Gasteiger partial charge < -0.3 is 17.2 Å².